The monoisotopic (exact) mass is 483 g/mol. The van der Waals surface area contributed by atoms with Crippen LogP contribution in [0.4, 0.5) is 5.82 Å². The lowest BCUT2D eigenvalue weighted by atomic mass is 9.86. The predicted molar refractivity (Wildman–Crippen MR) is 123 cm³/mol. The van der Waals surface area contributed by atoms with Crippen molar-refractivity contribution in [3.63, 3.8) is 0 Å². The summed E-state index contributed by atoms with van der Waals surface area (Å²) in [6, 6.07) is 4.37. The van der Waals surface area contributed by atoms with Gasteiger partial charge in [0.25, 0.3) is 0 Å². The van der Waals surface area contributed by atoms with Crippen molar-refractivity contribution in [1.82, 2.24) is 15.2 Å². The van der Waals surface area contributed by atoms with E-state index in [9.17, 15) is 0 Å². The Morgan fingerprint density at radius 3 is 2.63 bits per heavy atom. The molecule has 0 radical (unpaired) electrons. The Morgan fingerprint density at radius 2 is 1.89 bits per heavy atom. The molecule has 0 bridgehead atoms. The summed E-state index contributed by atoms with van der Waals surface area (Å²) in [4.78, 5) is 14.0. The molecule has 1 aliphatic carbocycles. The average molecular weight is 483 g/mol. The summed E-state index contributed by atoms with van der Waals surface area (Å²) in [5.74, 6) is 2.19. The number of nitrogens with zero attached hydrogens (tertiary/aromatic N) is 4. The van der Waals surface area contributed by atoms with Crippen LogP contribution in [0.15, 0.2) is 23.3 Å². The summed E-state index contributed by atoms with van der Waals surface area (Å²) in [5, 5.41) is 3.59. The SMILES string of the molecule is CN=C(NCc1ccnc(N2CCCCC2)c1)N1CCC2(CCCC2)C1.I. The number of halogens is 1. The van der Waals surface area contributed by atoms with E-state index in [1.165, 1.54) is 63.5 Å². The van der Waals surface area contributed by atoms with E-state index >= 15 is 0 Å². The molecule has 1 saturated carbocycles. The van der Waals surface area contributed by atoms with Gasteiger partial charge in [0, 0.05) is 46.0 Å². The highest BCUT2D eigenvalue weighted by atomic mass is 127. The van der Waals surface area contributed by atoms with Crippen molar-refractivity contribution in [2.24, 2.45) is 10.4 Å². The smallest absolute Gasteiger partial charge is 0.193 e. The molecule has 150 valence electrons. The minimum atomic E-state index is 0. The number of aromatic nitrogens is 1. The first-order valence-electron chi connectivity index (χ1n) is 10.4. The van der Waals surface area contributed by atoms with Gasteiger partial charge in [-0.2, -0.15) is 0 Å². The Labute approximate surface area is 181 Å². The van der Waals surface area contributed by atoms with Crippen LogP contribution in [0.3, 0.4) is 0 Å². The van der Waals surface area contributed by atoms with E-state index in [-0.39, 0.29) is 24.0 Å². The summed E-state index contributed by atoms with van der Waals surface area (Å²) < 4.78 is 0. The standard InChI is InChI=1S/C21H33N5.HI/c1-22-20(26-14-10-21(17-26)8-3-4-9-21)24-16-18-7-11-23-19(15-18)25-12-5-2-6-13-25;/h7,11,15H,2-6,8-10,12-14,16-17H2,1H3,(H,22,24);1H. The summed E-state index contributed by atoms with van der Waals surface area (Å²) >= 11 is 0. The molecule has 0 amide bonds. The number of guanidine groups is 1. The maximum Gasteiger partial charge on any atom is 0.193 e. The number of anilines is 1. The Balaban J connectivity index is 0.00000210. The number of piperidine rings is 1. The minimum absolute atomic E-state index is 0. The van der Waals surface area contributed by atoms with E-state index in [0.717, 1.165) is 38.0 Å². The Hall–Kier alpha value is -1.05. The number of nitrogens with one attached hydrogen (secondary N) is 1. The van der Waals surface area contributed by atoms with Gasteiger partial charge in [-0.25, -0.2) is 4.98 Å². The van der Waals surface area contributed by atoms with Crippen molar-refractivity contribution in [2.75, 3.05) is 38.1 Å². The highest BCUT2D eigenvalue weighted by Crippen LogP contribution is 2.45. The van der Waals surface area contributed by atoms with Crippen molar-refractivity contribution < 1.29 is 0 Å². The fourth-order valence-corrected chi connectivity index (χ4v) is 5.03. The van der Waals surface area contributed by atoms with Crippen LogP contribution in [0.1, 0.15) is 56.9 Å². The van der Waals surface area contributed by atoms with E-state index in [1.54, 1.807) is 0 Å². The van der Waals surface area contributed by atoms with Crippen molar-refractivity contribution >= 4 is 35.8 Å². The zero-order valence-electron chi connectivity index (χ0n) is 16.6. The van der Waals surface area contributed by atoms with Gasteiger partial charge in [-0.05, 0) is 61.6 Å². The molecule has 6 heteroatoms. The number of pyridine rings is 1. The molecule has 3 heterocycles. The zero-order valence-corrected chi connectivity index (χ0v) is 19.0. The molecule has 1 N–H and O–H groups in total. The van der Waals surface area contributed by atoms with Crippen molar-refractivity contribution in [3.05, 3.63) is 23.9 Å². The van der Waals surface area contributed by atoms with Crippen LogP contribution in [-0.4, -0.2) is 49.1 Å². The summed E-state index contributed by atoms with van der Waals surface area (Å²) in [6.45, 7) is 5.43. The quantitative estimate of drug-likeness (QED) is 0.401. The molecule has 3 aliphatic rings. The van der Waals surface area contributed by atoms with Gasteiger partial charge in [-0.15, -0.1) is 24.0 Å². The minimum Gasteiger partial charge on any atom is -0.357 e. The molecule has 0 atom stereocenters. The first-order valence-corrected chi connectivity index (χ1v) is 10.4. The first-order chi connectivity index (χ1) is 12.8. The molecule has 5 nitrogen and oxygen atoms in total. The lowest BCUT2D eigenvalue weighted by molar-refractivity contribution is 0.309. The van der Waals surface area contributed by atoms with Gasteiger partial charge in [0.2, 0.25) is 0 Å². The molecule has 2 saturated heterocycles. The van der Waals surface area contributed by atoms with Gasteiger partial charge in [0.1, 0.15) is 5.82 Å². The number of likely N-dealkylation sites (tertiary alicyclic amines) is 1. The third kappa shape index (κ3) is 4.87. The second kappa shape index (κ2) is 9.43. The summed E-state index contributed by atoms with van der Waals surface area (Å²) in [7, 11) is 1.91. The van der Waals surface area contributed by atoms with Crippen LogP contribution < -0.4 is 10.2 Å². The van der Waals surface area contributed by atoms with Crippen molar-refractivity contribution in [2.45, 2.75) is 57.9 Å². The second-order valence-electron chi connectivity index (χ2n) is 8.35. The molecule has 0 aromatic carbocycles. The largest absolute Gasteiger partial charge is 0.357 e. The highest BCUT2D eigenvalue weighted by molar-refractivity contribution is 14.0. The molecule has 2 aliphatic heterocycles. The Bertz CT molecular complexity index is 635. The third-order valence-electron chi connectivity index (χ3n) is 6.55. The summed E-state index contributed by atoms with van der Waals surface area (Å²) in [6.07, 6.45) is 12.8. The van der Waals surface area contributed by atoms with E-state index in [2.05, 4.69) is 37.2 Å². The van der Waals surface area contributed by atoms with Gasteiger partial charge >= 0.3 is 0 Å². The highest BCUT2D eigenvalue weighted by Gasteiger charge is 2.41. The topological polar surface area (TPSA) is 43.8 Å². The van der Waals surface area contributed by atoms with Gasteiger partial charge in [-0.3, -0.25) is 4.99 Å². The third-order valence-corrected chi connectivity index (χ3v) is 6.55. The second-order valence-corrected chi connectivity index (χ2v) is 8.35. The van der Waals surface area contributed by atoms with E-state index < -0.39 is 0 Å². The molecule has 1 spiro atoms. The van der Waals surface area contributed by atoms with Gasteiger partial charge < -0.3 is 15.1 Å². The number of aliphatic imine (C=N–C) groups is 1. The van der Waals surface area contributed by atoms with Crippen LogP contribution in [-0.2, 0) is 6.54 Å². The van der Waals surface area contributed by atoms with Crippen LogP contribution in [0, 0.1) is 5.41 Å². The lowest BCUT2D eigenvalue weighted by Crippen LogP contribution is -2.40. The Morgan fingerprint density at radius 1 is 1.11 bits per heavy atom. The molecule has 27 heavy (non-hydrogen) atoms. The van der Waals surface area contributed by atoms with E-state index in [0.29, 0.717) is 5.41 Å². The fraction of sp³-hybridized carbons (Fsp3) is 0.714. The number of hydrogen-bond acceptors (Lipinski definition) is 3. The molecule has 1 aromatic heterocycles. The Kier molecular flexibility index (Phi) is 7.22. The van der Waals surface area contributed by atoms with E-state index in [1.807, 2.05) is 13.2 Å². The maximum absolute atomic E-state index is 4.59. The summed E-state index contributed by atoms with van der Waals surface area (Å²) in [5.41, 5.74) is 1.87. The first kappa shape index (κ1) is 20.7. The normalized spacial score (nSPS) is 22.2. The van der Waals surface area contributed by atoms with Gasteiger partial charge in [0.15, 0.2) is 5.96 Å². The number of hydrogen-bond donors (Lipinski definition) is 1. The molecule has 0 unspecified atom stereocenters. The van der Waals surface area contributed by atoms with Crippen LogP contribution in [0.5, 0.6) is 0 Å². The van der Waals surface area contributed by atoms with Gasteiger partial charge in [0.05, 0.1) is 0 Å². The van der Waals surface area contributed by atoms with Crippen molar-refractivity contribution in [3.8, 4) is 0 Å². The van der Waals surface area contributed by atoms with E-state index in [4.69, 9.17) is 0 Å². The predicted octanol–water partition coefficient (Wildman–Crippen LogP) is 4.03. The lowest BCUT2D eigenvalue weighted by Gasteiger charge is -2.28. The average Bonchev–Trinajstić information content (AvgIpc) is 3.33. The fourth-order valence-electron chi connectivity index (χ4n) is 5.03. The van der Waals surface area contributed by atoms with Crippen LogP contribution >= 0.6 is 24.0 Å². The van der Waals surface area contributed by atoms with Crippen LogP contribution in [0.25, 0.3) is 0 Å². The molecule has 3 fully saturated rings. The molecular weight excluding hydrogens is 449 g/mol. The molecule has 4 rings (SSSR count). The molecular formula is C21H34IN5. The molecule has 1 aromatic rings. The maximum atomic E-state index is 4.59. The van der Waals surface area contributed by atoms with Crippen molar-refractivity contribution in [1.29, 1.82) is 0 Å². The number of rotatable bonds is 3. The van der Waals surface area contributed by atoms with Gasteiger partial charge in [-0.1, -0.05) is 12.8 Å². The van der Waals surface area contributed by atoms with Crippen LogP contribution in [0.2, 0.25) is 0 Å². The zero-order chi connectivity index (χ0) is 17.8.